The average molecular weight is 421 g/mol. The lowest BCUT2D eigenvalue weighted by atomic mass is 9.95. The molecule has 172 valence electrons. The molecule has 0 bridgehead atoms. The van der Waals surface area contributed by atoms with E-state index in [0.717, 1.165) is 5.75 Å². The van der Waals surface area contributed by atoms with Gasteiger partial charge in [-0.05, 0) is 39.5 Å². The highest BCUT2D eigenvalue weighted by Gasteiger charge is 2.30. The predicted molar refractivity (Wildman–Crippen MR) is 127 cm³/mol. The molecule has 0 atom stereocenters. The molecule has 0 aromatic carbocycles. The molecule has 0 aliphatic rings. The first-order chi connectivity index (χ1) is 13.7. The third kappa shape index (κ3) is 15.1. The third-order valence-electron chi connectivity index (χ3n) is 5.26. The molecule has 0 aromatic heterocycles. The third-order valence-corrected chi connectivity index (χ3v) is 7.93. The van der Waals surface area contributed by atoms with Crippen LogP contribution in [-0.2, 0) is 12.5 Å². The molecule has 3 nitrogen and oxygen atoms in total. The second-order valence-corrected chi connectivity index (χ2v) is 10.1. The summed E-state index contributed by atoms with van der Waals surface area (Å²) in [5.74, 6) is 1.61. The van der Waals surface area contributed by atoms with Gasteiger partial charge in [0.25, 0.3) is 0 Å². The molecule has 0 aliphatic heterocycles. The molecule has 0 fully saturated rings. The molecule has 0 aromatic rings. The van der Waals surface area contributed by atoms with Gasteiger partial charge in [0.05, 0.1) is 30.7 Å². The summed E-state index contributed by atoms with van der Waals surface area (Å²) < 4.78 is 18.3. The Labute approximate surface area is 179 Å². The van der Waals surface area contributed by atoms with Crippen molar-refractivity contribution in [2.45, 2.75) is 125 Å². The Morgan fingerprint density at radius 1 is 0.500 bits per heavy atom. The van der Waals surface area contributed by atoms with Crippen LogP contribution in [0.2, 0.25) is 0 Å². The van der Waals surface area contributed by atoms with Gasteiger partial charge in [0.15, 0.2) is 0 Å². The summed E-state index contributed by atoms with van der Waals surface area (Å²) in [6.07, 6.45) is 19.0. The van der Waals surface area contributed by atoms with Crippen molar-refractivity contribution in [2.24, 2.45) is 5.92 Å². The topological polar surface area (TPSA) is 27.7 Å². The fourth-order valence-electron chi connectivity index (χ4n) is 3.81. The summed E-state index contributed by atoms with van der Waals surface area (Å²) in [4.78, 5) is 0. The zero-order valence-corrected chi connectivity index (χ0v) is 20.8. The molecule has 0 unspecified atom stereocenters. The van der Waals surface area contributed by atoms with Crippen LogP contribution in [0.5, 0.6) is 0 Å². The molecule has 0 radical (unpaired) electrons. The second-order valence-electron chi connectivity index (χ2n) is 7.92. The van der Waals surface area contributed by atoms with Gasteiger partial charge in [-0.2, -0.15) is 0 Å². The van der Waals surface area contributed by atoms with Gasteiger partial charge in [-0.3, -0.25) is 12.5 Å². The quantitative estimate of drug-likeness (QED) is 0.164. The first kappa shape index (κ1) is 28.2. The van der Waals surface area contributed by atoms with E-state index in [4.69, 9.17) is 12.5 Å². The first-order valence-electron chi connectivity index (χ1n) is 12.4. The van der Waals surface area contributed by atoms with Crippen molar-refractivity contribution in [3.63, 3.8) is 0 Å². The van der Waals surface area contributed by atoms with Crippen LogP contribution in [0.15, 0.2) is 0 Å². The Hall–Kier alpha value is 0.230. The minimum absolute atomic E-state index is 0.663. The van der Waals surface area contributed by atoms with Gasteiger partial charge < -0.3 is 0 Å². The lowest BCUT2D eigenvalue weighted by Crippen LogP contribution is -2.22. The van der Waals surface area contributed by atoms with Gasteiger partial charge in [-0.15, -0.1) is 0 Å². The van der Waals surface area contributed by atoms with E-state index in [2.05, 4.69) is 34.6 Å². The van der Waals surface area contributed by atoms with Crippen molar-refractivity contribution < 1.29 is 12.5 Å². The molecule has 0 spiro atoms. The highest BCUT2D eigenvalue weighted by atomic mass is 32.3. The largest absolute Gasteiger partial charge is 0.293 e. The van der Waals surface area contributed by atoms with Crippen LogP contribution in [0.3, 0.4) is 0 Å². The van der Waals surface area contributed by atoms with E-state index in [9.17, 15) is 0 Å². The monoisotopic (exact) mass is 420 g/mol. The zero-order chi connectivity index (χ0) is 20.9. The molecule has 0 N–H and O–H groups in total. The van der Waals surface area contributed by atoms with Gasteiger partial charge in [0.1, 0.15) is 0 Å². The smallest absolute Gasteiger partial charge is 0.0890 e. The maximum atomic E-state index is 6.10. The Morgan fingerprint density at radius 2 is 0.857 bits per heavy atom. The molecule has 0 amide bonds. The Balaban J connectivity index is 4.62. The maximum absolute atomic E-state index is 6.10. The van der Waals surface area contributed by atoms with E-state index in [1.165, 1.54) is 89.9 Å². The molecule has 0 heterocycles. The SMILES string of the molecule is CCCCCCCCC(CCCCCCCC)CS(OCC)(OCC)OCC. The summed E-state index contributed by atoms with van der Waals surface area (Å²) in [6, 6.07) is 0. The van der Waals surface area contributed by atoms with Gasteiger partial charge in [-0.25, -0.2) is 0 Å². The normalized spacial score (nSPS) is 12.8. The van der Waals surface area contributed by atoms with Gasteiger partial charge >= 0.3 is 0 Å². The lowest BCUT2D eigenvalue weighted by molar-refractivity contribution is 0.180. The fourth-order valence-corrected chi connectivity index (χ4v) is 6.29. The maximum Gasteiger partial charge on any atom is 0.0890 e. The summed E-state index contributed by atoms with van der Waals surface area (Å²) in [6.45, 7) is 12.7. The van der Waals surface area contributed by atoms with Gasteiger partial charge in [-0.1, -0.05) is 90.9 Å². The van der Waals surface area contributed by atoms with E-state index in [1.807, 2.05) is 0 Å². The number of hydrogen-bond acceptors (Lipinski definition) is 3. The molecular formula is C24H52O3S. The molecule has 4 heteroatoms. The minimum Gasteiger partial charge on any atom is -0.293 e. The van der Waals surface area contributed by atoms with Crippen LogP contribution in [0.1, 0.15) is 125 Å². The average Bonchev–Trinajstić information content (AvgIpc) is 2.67. The number of hydrogen-bond donors (Lipinski definition) is 0. The summed E-state index contributed by atoms with van der Waals surface area (Å²) in [5.41, 5.74) is 0. The van der Waals surface area contributed by atoms with E-state index in [1.54, 1.807) is 0 Å². The van der Waals surface area contributed by atoms with Crippen LogP contribution < -0.4 is 0 Å². The summed E-state index contributed by atoms with van der Waals surface area (Å²) in [5, 5.41) is 0. The fraction of sp³-hybridized carbons (Fsp3) is 1.00. The van der Waals surface area contributed by atoms with E-state index in [0.29, 0.717) is 25.7 Å². The van der Waals surface area contributed by atoms with Gasteiger partial charge in [0, 0.05) is 5.75 Å². The van der Waals surface area contributed by atoms with Crippen molar-refractivity contribution >= 4 is 10.9 Å². The first-order valence-corrected chi connectivity index (χ1v) is 14.0. The van der Waals surface area contributed by atoms with Crippen LogP contribution in [0.25, 0.3) is 0 Å². The molecule has 0 rings (SSSR count). The Kier molecular flexibility index (Phi) is 20.7. The number of rotatable bonds is 22. The summed E-state index contributed by atoms with van der Waals surface area (Å²) >= 11 is 0. The second kappa shape index (κ2) is 20.5. The zero-order valence-electron chi connectivity index (χ0n) is 19.9. The highest BCUT2D eigenvalue weighted by Crippen LogP contribution is 2.53. The molecule has 0 saturated heterocycles. The highest BCUT2D eigenvalue weighted by molar-refractivity contribution is 8.21. The van der Waals surface area contributed by atoms with Crippen LogP contribution in [-0.4, -0.2) is 25.6 Å². The molecule has 28 heavy (non-hydrogen) atoms. The van der Waals surface area contributed by atoms with Crippen molar-refractivity contribution in [2.75, 3.05) is 25.6 Å². The van der Waals surface area contributed by atoms with E-state index < -0.39 is 10.9 Å². The molecule has 0 saturated carbocycles. The molecule has 0 aliphatic carbocycles. The van der Waals surface area contributed by atoms with Crippen molar-refractivity contribution in [3.05, 3.63) is 0 Å². The van der Waals surface area contributed by atoms with Crippen molar-refractivity contribution in [1.29, 1.82) is 0 Å². The Bertz CT molecular complexity index is 279. The van der Waals surface area contributed by atoms with Crippen molar-refractivity contribution in [3.8, 4) is 0 Å². The molecular weight excluding hydrogens is 368 g/mol. The predicted octanol–water partition coefficient (Wildman–Crippen LogP) is 8.76. The van der Waals surface area contributed by atoms with Crippen LogP contribution in [0, 0.1) is 5.92 Å². The van der Waals surface area contributed by atoms with Gasteiger partial charge in [0.2, 0.25) is 0 Å². The Morgan fingerprint density at radius 3 is 1.21 bits per heavy atom. The van der Waals surface area contributed by atoms with Crippen LogP contribution in [0.4, 0.5) is 0 Å². The summed E-state index contributed by atoms with van der Waals surface area (Å²) in [7, 11) is -1.85. The van der Waals surface area contributed by atoms with Crippen molar-refractivity contribution in [1.82, 2.24) is 0 Å². The minimum atomic E-state index is -1.85. The van der Waals surface area contributed by atoms with E-state index in [-0.39, 0.29) is 0 Å². The number of unbranched alkanes of at least 4 members (excludes halogenated alkanes) is 10. The van der Waals surface area contributed by atoms with Crippen LogP contribution >= 0.6 is 10.9 Å². The van der Waals surface area contributed by atoms with E-state index >= 15 is 0 Å². The standard InChI is InChI=1S/C24H52O3S/c1-6-11-13-15-17-19-21-24(22-20-18-16-14-12-7-2)23-28(25-8-3,26-9-4)27-10-5/h24H,6-23H2,1-5H3. The lowest BCUT2D eigenvalue weighted by Gasteiger charge is -2.39.